The summed E-state index contributed by atoms with van der Waals surface area (Å²) in [6.07, 6.45) is 0.133. The molecule has 1 aromatic heterocycles. The second-order valence-corrected chi connectivity index (χ2v) is 5.80. The van der Waals surface area contributed by atoms with Crippen molar-refractivity contribution < 1.29 is 18.7 Å². The number of fused-ring (bicyclic) bond motifs is 1. The van der Waals surface area contributed by atoms with Crippen molar-refractivity contribution in [1.82, 2.24) is 4.98 Å². The van der Waals surface area contributed by atoms with Gasteiger partial charge >= 0.3 is 5.97 Å². The molecular weight excluding hydrogens is 285 g/mol. The summed E-state index contributed by atoms with van der Waals surface area (Å²) in [6.45, 7) is 5.29. The zero-order chi connectivity index (χ0) is 15.1. The van der Waals surface area contributed by atoms with Crippen LogP contribution in [0.3, 0.4) is 0 Å². The van der Waals surface area contributed by atoms with Crippen molar-refractivity contribution in [2.45, 2.75) is 27.2 Å². The van der Waals surface area contributed by atoms with Gasteiger partial charge in [-0.3, -0.25) is 4.79 Å². The molecule has 0 saturated carbocycles. The molecule has 1 N–H and O–H groups in total. The minimum absolute atomic E-state index is 0.0396. The Kier molecular flexibility index (Phi) is 3.73. The monoisotopic (exact) mass is 299 g/mol. The minimum atomic E-state index is -0.997. The van der Waals surface area contributed by atoms with Gasteiger partial charge in [0.15, 0.2) is 11.5 Å². The Morgan fingerprint density at radius 3 is 2.75 bits per heavy atom. The topological polar surface area (TPSA) is 63.3 Å². The van der Waals surface area contributed by atoms with Gasteiger partial charge in [0.1, 0.15) is 11.3 Å². The highest BCUT2D eigenvalue weighted by Crippen LogP contribution is 2.33. The maximum atomic E-state index is 13.3. The predicted octanol–water partition coefficient (Wildman–Crippen LogP) is 3.91. The fourth-order valence-corrected chi connectivity index (χ4v) is 2.05. The SMILES string of the molecule is CC(C)C(C)(Cc1nc2cc(Cl)c(F)cc2o1)C(=O)O. The number of benzene rings is 1. The highest BCUT2D eigenvalue weighted by molar-refractivity contribution is 6.31. The van der Waals surface area contributed by atoms with E-state index in [1.807, 2.05) is 13.8 Å². The summed E-state index contributed by atoms with van der Waals surface area (Å²) >= 11 is 5.68. The van der Waals surface area contributed by atoms with Crippen LogP contribution < -0.4 is 0 Å². The van der Waals surface area contributed by atoms with Gasteiger partial charge in [-0.15, -0.1) is 0 Å². The molecule has 2 aromatic rings. The van der Waals surface area contributed by atoms with Crippen LogP contribution in [0, 0.1) is 17.2 Å². The Morgan fingerprint density at radius 2 is 2.20 bits per heavy atom. The van der Waals surface area contributed by atoms with E-state index in [1.165, 1.54) is 6.07 Å². The van der Waals surface area contributed by atoms with Gasteiger partial charge in [-0.25, -0.2) is 9.37 Å². The maximum absolute atomic E-state index is 13.3. The standard InChI is InChI=1S/C14H15ClFNO3/c1-7(2)14(3,13(18)19)6-12-17-10-4-8(15)9(16)5-11(10)20-12/h4-5,7H,6H2,1-3H3,(H,18,19). The van der Waals surface area contributed by atoms with Crippen LogP contribution in [0.5, 0.6) is 0 Å². The molecule has 0 fully saturated rings. The number of carboxylic acid groups (broad SMARTS) is 1. The smallest absolute Gasteiger partial charge is 0.310 e. The summed E-state index contributed by atoms with van der Waals surface area (Å²) < 4.78 is 18.8. The number of rotatable bonds is 4. The van der Waals surface area contributed by atoms with Crippen LogP contribution in [0.4, 0.5) is 4.39 Å². The number of aromatic nitrogens is 1. The van der Waals surface area contributed by atoms with Crippen molar-refractivity contribution in [2.75, 3.05) is 0 Å². The van der Waals surface area contributed by atoms with E-state index in [0.717, 1.165) is 6.07 Å². The van der Waals surface area contributed by atoms with Crippen molar-refractivity contribution in [3.8, 4) is 0 Å². The number of oxazole rings is 1. The average Bonchev–Trinajstić information content (AvgIpc) is 2.70. The van der Waals surface area contributed by atoms with Crippen LogP contribution in [0.1, 0.15) is 26.7 Å². The third kappa shape index (κ3) is 2.50. The van der Waals surface area contributed by atoms with Gasteiger partial charge in [0.2, 0.25) is 0 Å². The van der Waals surface area contributed by atoms with E-state index in [1.54, 1.807) is 6.92 Å². The molecule has 4 nitrogen and oxygen atoms in total. The molecule has 108 valence electrons. The highest BCUT2D eigenvalue weighted by atomic mass is 35.5. The van der Waals surface area contributed by atoms with Crippen LogP contribution in [0.2, 0.25) is 5.02 Å². The first-order valence-electron chi connectivity index (χ1n) is 6.22. The molecule has 2 rings (SSSR count). The molecular formula is C14H15ClFNO3. The van der Waals surface area contributed by atoms with Crippen LogP contribution in [0.15, 0.2) is 16.5 Å². The molecule has 0 radical (unpaired) electrons. The van der Waals surface area contributed by atoms with Crippen LogP contribution in [-0.2, 0) is 11.2 Å². The Bertz CT molecular complexity index is 629. The van der Waals surface area contributed by atoms with Crippen molar-refractivity contribution in [3.05, 3.63) is 28.9 Å². The molecule has 1 unspecified atom stereocenters. The lowest BCUT2D eigenvalue weighted by atomic mass is 9.76. The average molecular weight is 300 g/mol. The molecule has 0 saturated heterocycles. The lowest BCUT2D eigenvalue weighted by Gasteiger charge is -2.27. The van der Waals surface area contributed by atoms with Crippen LogP contribution in [0.25, 0.3) is 11.1 Å². The van der Waals surface area contributed by atoms with Gasteiger partial charge in [-0.1, -0.05) is 25.4 Å². The first-order valence-corrected chi connectivity index (χ1v) is 6.59. The summed E-state index contributed by atoms with van der Waals surface area (Å²) in [5, 5.41) is 9.34. The molecule has 0 amide bonds. The van der Waals surface area contributed by atoms with Crippen molar-refractivity contribution >= 4 is 28.7 Å². The third-order valence-electron chi connectivity index (χ3n) is 3.76. The number of nitrogens with zero attached hydrogens (tertiary/aromatic N) is 1. The van der Waals surface area contributed by atoms with E-state index in [2.05, 4.69) is 4.98 Å². The Morgan fingerprint density at radius 1 is 1.55 bits per heavy atom. The van der Waals surface area contributed by atoms with Gasteiger partial charge in [0, 0.05) is 12.5 Å². The highest BCUT2D eigenvalue weighted by Gasteiger charge is 2.38. The first kappa shape index (κ1) is 14.8. The number of hydrogen-bond acceptors (Lipinski definition) is 3. The lowest BCUT2D eigenvalue weighted by Crippen LogP contribution is -2.35. The van der Waals surface area contributed by atoms with Gasteiger partial charge < -0.3 is 9.52 Å². The minimum Gasteiger partial charge on any atom is -0.481 e. The Hall–Kier alpha value is -1.62. The fourth-order valence-electron chi connectivity index (χ4n) is 1.89. The van der Waals surface area contributed by atoms with E-state index in [4.69, 9.17) is 16.0 Å². The van der Waals surface area contributed by atoms with Gasteiger partial charge in [0.25, 0.3) is 0 Å². The molecule has 6 heteroatoms. The van der Waals surface area contributed by atoms with Crippen LogP contribution in [-0.4, -0.2) is 16.1 Å². The predicted molar refractivity (Wildman–Crippen MR) is 73.3 cm³/mol. The normalized spacial score (nSPS) is 14.7. The zero-order valence-corrected chi connectivity index (χ0v) is 12.2. The van der Waals surface area contributed by atoms with E-state index in [-0.39, 0.29) is 28.8 Å². The Labute approximate surface area is 120 Å². The van der Waals surface area contributed by atoms with Crippen LogP contribution >= 0.6 is 11.6 Å². The summed E-state index contributed by atoms with van der Waals surface area (Å²) in [6, 6.07) is 2.52. The van der Waals surface area contributed by atoms with E-state index in [9.17, 15) is 14.3 Å². The number of halogens is 2. The van der Waals surface area contributed by atoms with Crippen molar-refractivity contribution in [1.29, 1.82) is 0 Å². The lowest BCUT2D eigenvalue weighted by molar-refractivity contribution is -0.150. The van der Waals surface area contributed by atoms with Crippen molar-refractivity contribution in [2.24, 2.45) is 11.3 Å². The van der Waals surface area contributed by atoms with E-state index in [0.29, 0.717) is 5.52 Å². The number of carboxylic acids is 1. The van der Waals surface area contributed by atoms with E-state index < -0.39 is 17.2 Å². The fraction of sp³-hybridized carbons (Fsp3) is 0.429. The molecule has 0 aliphatic rings. The molecule has 1 aromatic carbocycles. The molecule has 1 atom stereocenters. The molecule has 0 bridgehead atoms. The summed E-state index contributed by atoms with van der Waals surface area (Å²) in [5.41, 5.74) is -0.315. The number of hydrogen-bond donors (Lipinski definition) is 1. The Balaban J connectivity index is 2.41. The summed E-state index contributed by atoms with van der Waals surface area (Å²) in [7, 11) is 0. The number of carbonyl (C=O) groups is 1. The second kappa shape index (κ2) is 5.05. The quantitative estimate of drug-likeness (QED) is 0.929. The number of aliphatic carboxylic acids is 1. The largest absolute Gasteiger partial charge is 0.481 e. The van der Waals surface area contributed by atoms with Gasteiger partial charge in [-0.2, -0.15) is 0 Å². The summed E-state index contributed by atoms with van der Waals surface area (Å²) in [5.74, 6) is -1.35. The van der Waals surface area contributed by atoms with Gasteiger partial charge in [0.05, 0.1) is 10.4 Å². The van der Waals surface area contributed by atoms with Crippen molar-refractivity contribution in [3.63, 3.8) is 0 Å². The third-order valence-corrected chi connectivity index (χ3v) is 4.05. The van der Waals surface area contributed by atoms with Gasteiger partial charge in [-0.05, 0) is 18.9 Å². The zero-order valence-electron chi connectivity index (χ0n) is 11.4. The molecule has 1 heterocycles. The molecule has 0 aliphatic carbocycles. The van der Waals surface area contributed by atoms with E-state index >= 15 is 0 Å². The second-order valence-electron chi connectivity index (χ2n) is 5.40. The molecule has 0 spiro atoms. The summed E-state index contributed by atoms with van der Waals surface area (Å²) in [4.78, 5) is 15.6. The first-order chi connectivity index (χ1) is 9.24. The molecule has 0 aliphatic heterocycles. The maximum Gasteiger partial charge on any atom is 0.310 e. The molecule has 20 heavy (non-hydrogen) atoms.